The highest BCUT2D eigenvalue weighted by Gasteiger charge is 2.18. The molecule has 7 nitrogen and oxygen atoms in total. The van der Waals surface area contributed by atoms with Crippen LogP contribution in [-0.2, 0) is 16.1 Å². The lowest BCUT2D eigenvalue weighted by atomic mass is 10.2. The molecule has 0 saturated heterocycles. The van der Waals surface area contributed by atoms with Gasteiger partial charge in [-0.1, -0.05) is 6.07 Å². The van der Waals surface area contributed by atoms with Crippen LogP contribution in [0.15, 0.2) is 18.2 Å². The van der Waals surface area contributed by atoms with Gasteiger partial charge in [0.05, 0.1) is 24.2 Å². The molecule has 0 aliphatic heterocycles. The Kier molecular flexibility index (Phi) is 6.44. The molecule has 0 unspecified atom stereocenters. The summed E-state index contributed by atoms with van der Waals surface area (Å²) < 4.78 is 23.7. The number of ether oxygens (including phenoxy) is 2. The summed E-state index contributed by atoms with van der Waals surface area (Å²) in [6.45, 7) is 7.27. The summed E-state index contributed by atoms with van der Waals surface area (Å²) in [5.41, 5.74) is -0.703. The number of nitrogens with zero attached hydrogens (tertiary/aromatic N) is 1. The first-order valence-electron chi connectivity index (χ1n) is 7.08. The third-order valence-corrected chi connectivity index (χ3v) is 2.61. The maximum Gasteiger partial charge on any atom is 0.407 e. The number of alkyl carbamates (subject to hydrolysis) is 1. The summed E-state index contributed by atoms with van der Waals surface area (Å²) in [6, 6.07) is 3.26. The molecule has 23 heavy (non-hydrogen) atoms. The van der Waals surface area contributed by atoms with Gasteiger partial charge >= 0.3 is 11.8 Å². The third-order valence-electron chi connectivity index (χ3n) is 2.61. The molecule has 0 bridgehead atoms. The van der Waals surface area contributed by atoms with Gasteiger partial charge in [-0.15, -0.1) is 0 Å². The fourth-order valence-corrected chi connectivity index (χ4v) is 1.69. The van der Waals surface area contributed by atoms with Crippen molar-refractivity contribution in [3.8, 4) is 0 Å². The molecule has 0 saturated carbocycles. The molecule has 128 valence electrons. The number of hydrogen-bond donors (Lipinski definition) is 1. The monoisotopic (exact) mass is 328 g/mol. The van der Waals surface area contributed by atoms with E-state index in [1.54, 1.807) is 27.7 Å². The first-order valence-corrected chi connectivity index (χ1v) is 7.08. The number of nitro benzene ring substituents is 1. The second kappa shape index (κ2) is 7.87. The van der Waals surface area contributed by atoms with Gasteiger partial charge in [-0.3, -0.25) is 10.1 Å². The van der Waals surface area contributed by atoms with E-state index in [2.05, 4.69) is 5.32 Å². The highest BCUT2D eigenvalue weighted by Crippen LogP contribution is 2.19. The van der Waals surface area contributed by atoms with Crippen LogP contribution in [0.5, 0.6) is 0 Å². The van der Waals surface area contributed by atoms with Crippen LogP contribution in [0.1, 0.15) is 33.3 Å². The second-order valence-electron chi connectivity index (χ2n) is 6.11. The molecule has 1 rings (SSSR count). The number of carbonyl (C=O) groups is 1. The Hall–Kier alpha value is -2.22. The number of benzene rings is 1. The predicted octanol–water partition coefficient (Wildman–Crippen LogP) is 3.16. The number of hydrogen-bond acceptors (Lipinski definition) is 5. The van der Waals surface area contributed by atoms with Crippen LogP contribution in [-0.4, -0.2) is 29.3 Å². The first-order chi connectivity index (χ1) is 10.6. The van der Waals surface area contributed by atoms with Gasteiger partial charge in [0.25, 0.3) is 0 Å². The molecule has 1 aromatic rings. The van der Waals surface area contributed by atoms with Crippen molar-refractivity contribution < 1.29 is 23.6 Å². The third kappa shape index (κ3) is 7.05. The standard InChI is InChI=1S/C15H21FN2O5/c1-10(17-14(19)23-15(2,3)4)8-22-9-11-5-6-12(16)13(7-11)18(20)21/h5-7,10H,8-9H2,1-4H3,(H,17,19)/t10-/m1/s1. The lowest BCUT2D eigenvalue weighted by Gasteiger charge is -2.21. The van der Waals surface area contributed by atoms with Crippen molar-refractivity contribution in [1.82, 2.24) is 5.32 Å². The molecule has 0 spiro atoms. The van der Waals surface area contributed by atoms with E-state index in [1.165, 1.54) is 6.07 Å². The molecule has 0 radical (unpaired) electrons. The topological polar surface area (TPSA) is 90.7 Å². The van der Waals surface area contributed by atoms with Gasteiger partial charge < -0.3 is 14.8 Å². The van der Waals surface area contributed by atoms with E-state index in [1.807, 2.05) is 0 Å². The number of nitrogens with one attached hydrogen (secondary N) is 1. The Morgan fingerprint density at radius 3 is 2.65 bits per heavy atom. The van der Waals surface area contributed by atoms with Crippen molar-refractivity contribution in [2.24, 2.45) is 0 Å². The van der Waals surface area contributed by atoms with E-state index in [4.69, 9.17) is 9.47 Å². The smallest absolute Gasteiger partial charge is 0.407 e. The van der Waals surface area contributed by atoms with E-state index in [9.17, 15) is 19.3 Å². The van der Waals surface area contributed by atoms with E-state index in [0.717, 1.165) is 12.1 Å². The summed E-state index contributed by atoms with van der Waals surface area (Å²) in [7, 11) is 0. The average Bonchev–Trinajstić information content (AvgIpc) is 2.37. The number of carbonyl (C=O) groups excluding carboxylic acids is 1. The molecule has 0 heterocycles. The number of rotatable bonds is 6. The lowest BCUT2D eigenvalue weighted by Crippen LogP contribution is -2.39. The summed E-state index contributed by atoms with van der Waals surface area (Å²) >= 11 is 0. The second-order valence-corrected chi connectivity index (χ2v) is 6.11. The summed E-state index contributed by atoms with van der Waals surface area (Å²) in [5, 5.41) is 13.3. The van der Waals surface area contributed by atoms with Crippen LogP contribution in [0.2, 0.25) is 0 Å². The molecule has 1 atom stereocenters. The van der Waals surface area contributed by atoms with E-state index in [0.29, 0.717) is 5.56 Å². The Morgan fingerprint density at radius 2 is 2.09 bits per heavy atom. The van der Waals surface area contributed by atoms with Crippen molar-refractivity contribution in [1.29, 1.82) is 0 Å². The number of amides is 1. The van der Waals surface area contributed by atoms with Gasteiger partial charge in [0.1, 0.15) is 5.60 Å². The molecular formula is C15H21FN2O5. The number of nitro groups is 1. The zero-order chi connectivity index (χ0) is 17.6. The highest BCUT2D eigenvalue weighted by atomic mass is 19.1. The Bertz CT molecular complexity index is 571. The van der Waals surface area contributed by atoms with Crippen LogP contribution >= 0.6 is 0 Å². The van der Waals surface area contributed by atoms with Gasteiger partial charge in [0.2, 0.25) is 5.82 Å². The molecule has 1 aromatic carbocycles. The quantitative estimate of drug-likeness (QED) is 0.640. The Morgan fingerprint density at radius 1 is 1.43 bits per heavy atom. The fraction of sp³-hybridized carbons (Fsp3) is 0.533. The Labute approximate surface area is 133 Å². The van der Waals surface area contributed by atoms with Crippen LogP contribution < -0.4 is 5.32 Å². The maximum atomic E-state index is 13.2. The largest absolute Gasteiger partial charge is 0.444 e. The predicted molar refractivity (Wildman–Crippen MR) is 81.5 cm³/mol. The normalized spacial score (nSPS) is 12.6. The lowest BCUT2D eigenvalue weighted by molar-refractivity contribution is -0.387. The molecule has 0 aromatic heterocycles. The molecule has 0 aliphatic carbocycles. The molecule has 0 fully saturated rings. The Balaban J connectivity index is 2.43. The summed E-state index contributed by atoms with van der Waals surface area (Å²) in [5.74, 6) is -0.890. The van der Waals surface area contributed by atoms with Crippen LogP contribution in [0.3, 0.4) is 0 Å². The summed E-state index contributed by atoms with van der Waals surface area (Å²) in [6.07, 6.45) is -0.550. The molecule has 1 amide bonds. The minimum atomic E-state index is -0.890. The van der Waals surface area contributed by atoms with Crippen LogP contribution in [0.4, 0.5) is 14.9 Å². The van der Waals surface area contributed by atoms with Gasteiger partial charge in [-0.2, -0.15) is 4.39 Å². The van der Waals surface area contributed by atoms with Crippen LogP contribution in [0.25, 0.3) is 0 Å². The van der Waals surface area contributed by atoms with Gasteiger partial charge in [0.15, 0.2) is 0 Å². The van der Waals surface area contributed by atoms with Gasteiger partial charge in [-0.05, 0) is 39.3 Å². The van der Waals surface area contributed by atoms with Gasteiger partial charge in [0, 0.05) is 6.07 Å². The van der Waals surface area contributed by atoms with Crippen molar-refractivity contribution in [2.45, 2.75) is 45.9 Å². The van der Waals surface area contributed by atoms with Crippen molar-refractivity contribution in [3.63, 3.8) is 0 Å². The van der Waals surface area contributed by atoms with E-state index < -0.39 is 28.1 Å². The fourth-order valence-electron chi connectivity index (χ4n) is 1.69. The van der Waals surface area contributed by atoms with E-state index in [-0.39, 0.29) is 19.3 Å². The minimum absolute atomic E-state index is 0.0709. The average molecular weight is 328 g/mol. The highest BCUT2D eigenvalue weighted by molar-refractivity contribution is 5.68. The zero-order valence-electron chi connectivity index (χ0n) is 13.6. The molecule has 8 heteroatoms. The molecule has 1 N–H and O–H groups in total. The minimum Gasteiger partial charge on any atom is -0.444 e. The first kappa shape index (κ1) is 18.8. The SMILES string of the molecule is C[C@H](COCc1ccc(F)c([N+](=O)[O-])c1)NC(=O)OC(C)(C)C. The van der Waals surface area contributed by atoms with Crippen molar-refractivity contribution >= 4 is 11.8 Å². The van der Waals surface area contributed by atoms with Gasteiger partial charge in [-0.25, -0.2) is 4.79 Å². The molecule has 0 aliphatic rings. The zero-order valence-corrected chi connectivity index (χ0v) is 13.6. The van der Waals surface area contributed by atoms with E-state index >= 15 is 0 Å². The van der Waals surface area contributed by atoms with Crippen LogP contribution in [0, 0.1) is 15.9 Å². The van der Waals surface area contributed by atoms with Crippen molar-refractivity contribution in [2.75, 3.05) is 6.61 Å². The maximum absolute atomic E-state index is 13.2. The van der Waals surface area contributed by atoms with Crippen molar-refractivity contribution in [3.05, 3.63) is 39.7 Å². The molecular weight excluding hydrogens is 307 g/mol. The number of halogens is 1. The summed E-state index contributed by atoms with van der Waals surface area (Å²) in [4.78, 5) is 21.4.